The molecule has 0 aromatic heterocycles. The highest BCUT2D eigenvalue weighted by molar-refractivity contribution is 7.81. The third-order valence-corrected chi connectivity index (χ3v) is 10.8. The van der Waals surface area contributed by atoms with E-state index in [2.05, 4.69) is 17.9 Å². The molecule has 0 saturated carbocycles. The molecule has 2 N–H and O–H groups in total. The molecule has 1 aromatic carbocycles. The number of allylic oxidation sites excluding steroid dienone is 3. The molecule has 0 spiro atoms. The van der Waals surface area contributed by atoms with E-state index in [1.807, 2.05) is 66.7 Å². The molecule has 1 aromatic rings. The number of aryl methyl sites for hydroxylation is 1. The van der Waals surface area contributed by atoms with Gasteiger partial charge in [-0.3, -0.25) is 14.9 Å². The molecule has 0 radical (unpaired) electrons. The topological polar surface area (TPSA) is 153 Å². The zero-order chi connectivity index (χ0) is 42.1. The number of rotatable bonds is 18. The second-order valence-corrected chi connectivity index (χ2v) is 16.9. The van der Waals surface area contributed by atoms with Crippen molar-refractivity contribution >= 4 is 48.0 Å². The molecule has 0 aliphatic carbocycles. The summed E-state index contributed by atoms with van der Waals surface area (Å²) >= 11 is 10.8. The van der Waals surface area contributed by atoms with Crippen molar-refractivity contribution in [2.24, 2.45) is 5.92 Å². The number of ether oxygens (including phenoxy) is 5. The zero-order valence-corrected chi connectivity index (χ0v) is 36.4. The molecular formula is C41H63ClN2O10S. The Bertz CT molecular complexity index is 1580. The number of carbonyl (C=O) groups is 4. The van der Waals surface area contributed by atoms with Gasteiger partial charge in [-0.15, -0.1) is 0 Å². The van der Waals surface area contributed by atoms with Gasteiger partial charge < -0.3 is 33.7 Å². The Labute approximate surface area is 338 Å². The summed E-state index contributed by atoms with van der Waals surface area (Å²) in [4.78, 5) is 52.6. The number of nitrogens with one attached hydrogen (secondary N) is 1. The first kappa shape index (κ1) is 48.0. The number of esters is 1. The highest BCUT2D eigenvalue weighted by Crippen LogP contribution is 2.49. The average Bonchev–Trinajstić information content (AvgIpc) is 3.81. The fourth-order valence-electron chi connectivity index (χ4n) is 6.57. The molecule has 2 aliphatic heterocycles. The molecule has 14 heteroatoms. The molecule has 12 nitrogen and oxygen atoms in total. The first-order chi connectivity index (χ1) is 25.5. The third kappa shape index (κ3) is 13.2. The Morgan fingerprint density at radius 3 is 2.40 bits per heavy atom. The summed E-state index contributed by atoms with van der Waals surface area (Å²) in [5.74, 6) is -1.01. The maximum Gasteiger partial charge on any atom is 0.409 e. The van der Waals surface area contributed by atoms with Gasteiger partial charge in [0, 0.05) is 44.1 Å². The van der Waals surface area contributed by atoms with Gasteiger partial charge in [0.2, 0.25) is 5.91 Å². The first-order valence-corrected chi connectivity index (χ1v) is 19.6. The Balaban J connectivity index is 0.00000514. The number of hydrogen-bond donors (Lipinski definition) is 3. The van der Waals surface area contributed by atoms with Crippen molar-refractivity contribution in [1.29, 1.82) is 0 Å². The molecule has 2 amide bonds. The summed E-state index contributed by atoms with van der Waals surface area (Å²) in [5.41, 5.74) is 0.0347. The molecule has 2 heterocycles. The number of amides is 2. The normalized spacial score (nSPS) is 24.7. The summed E-state index contributed by atoms with van der Waals surface area (Å²) in [5, 5.41) is 14.8. The number of benzene rings is 1. The van der Waals surface area contributed by atoms with Crippen LogP contribution in [-0.2, 0) is 39.8 Å². The summed E-state index contributed by atoms with van der Waals surface area (Å²) in [6, 6.07) is 2.98. The molecule has 2 aliphatic rings. The zero-order valence-electron chi connectivity index (χ0n) is 34.8. The number of aliphatic hydroxyl groups is 1. The second-order valence-electron chi connectivity index (χ2n) is 15.3. The fourth-order valence-corrected chi connectivity index (χ4v) is 6.86. The SMILES string of the molecule is CC.COc1cc(C/C(C)=C/C=C/C(OC)C2(O)CC(C(C)C3OC3(C)C(CC(C)=O)OC(=O)C(C)N(C)C(=O)CCC(C)(C)S)OC(=O)N2)cc(C)c1Cl. The molecule has 8 atom stereocenters. The lowest BCUT2D eigenvalue weighted by molar-refractivity contribution is -0.162. The average molecular weight is 811 g/mol. The van der Waals surface area contributed by atoms with Crippen LogP contribution in [0.3, 0.4) is 0 Å². The number of likely N-dealkylation sites (N-methyl/N-ethyl adjacent to an activating group) is 1. The van der Waals surface area contributed by atoms with Gasteiger partial charge in [-0.2, -0.15) is 12.6 Å². The number of nitrogens with zero attached hydrogens (tertiary/aromatic N) is 1. The van der Waals surface area contributed by atoms with Gasteiger partial charge in [0.15, 0.2) is 5.72 Å². The van der Waals surface area contributed by atoms with Crippen molar-refractivity contribution in [2.75, 3.05) is 21.3 Å². The van der Waals surface area contributed by atoms with Crippen LogP contribution in [0.1, 0.15) is 99.1 Å². The van der Waals surface area contributed by atoms with Gasteiger partial charge in [0.25, 0.3) is 0 Å². The quantitative estimate of drug-likeness (QED) is 0.0615. The molecule has 2 fully saturated rings. The number of carbonyl (C=O) groups excluding carboxylic acids is 4. The number of methoxy groups -OCH3 is 2. The molecule has 55 heavy (non-hydrogen) atoms. The standard InChI is InChI=1S/C39H57ClN2O10S.C2H6/c1-22(17-27-18-23(2)33(40)28(20-27)48-10)13-12-14-30(49-11)39(47)21-29(50-36(46)41-39)25(4)34-38(8,52-34)31(19-24(3)43)51-35(45)26(5)42(9)32(44)15-16-37(6,7)53;1-2/h12-14,18,20,25-26,29-31,34,47,53H,15-17,19,21H2,1-11H3,(H,41,46);1-2H3/b14-12+,22-13+;. The van der Waals surface area contributed by atoms with Gasteiger partial charge in [-0.1, -0.05) is 76.1 Å². The van der Waals surface area contributed by atoms with E-state index in [0.29, 0.717) is 23.6 Å². The van der Waals surface area contributed by atoms with E-state index in [4.69, 9.17) is 35.3 Å². The van der Waals surface area contributed by atoms with Gasteiger partial charge in [0.1, 0.15) is 41.5 Å². The van der Waals surface area contributed by atoms with Gasteiger partial charge in [-0.05, 0) is 64.7 Å². The predicted octanol–water partition coefficient (Wildman–Crippen LogP) is 6.95. The van der Waals surface area contributed by atoms with Crippen LogP contribution in [0.15, 0.2) is 35.9 Å². The molecular weight excluding hydrogens is 748 g/mol. The van der Waals surface area contributed by atoms with Gasteiger partial charge >= 0.3 is 12.1 Å². The van der Waals surface area contributed by atoms with Crippen molar-refractivity contribution in [3.63, 3.8) is 0 Å². The summed E-state index contributed by atoms with van der Waals surface area (Å²) in [6.07, 6.45) is 2.36. The highest BCUT2D eigenvalue weighted by atomic mass is 35.5. The van der Waals surface area contributed by atoms with Crippen molar-refractivity contribution in [3.8, 4) is 5.75 Å². The number of hydrogen-bond acceptors (Lipinski definition) is 11. The van der Waals surface area contributed by atoms with Crippen molar-refractivity contribution in [1.82, 2.24) is 10.2 Å². The second kappa shape index (κ2) is 20.4. The monoisotopic (exact) mass is 810 g/mol. The van der Waals surface area contributed by atoms with Crippen molar-refractivity contribution in [2.45, 2.75) is 148 Å². The number of cyclic esters (lactones) is 1. The largest absolute Gasteiger partial charge is 0.495 e. The fraction of sp³-hybridized carbons (Fsp3) is 0.659. The van der Waals surface area contributed by atoms with Crippen LogP contribution in [0.2, 0.25) is 5.02 Å². The Morgan fingerprint density at radius 2 is 1.84 bits per heavy atom. The van der Waals surface area contributed by atoms with Crippen LogP contribution >= 0.6 is 24.2 Å². The smallest absolute Gasteiger partial charge is 0.409 e. The number of ketones is 1. The van der Waals surface area contributed by atoms with E-state index >= 15 is 0 Å². The lowest BCUT2D eigenvalue weighted by Gasteiger charge is -2.42. The minimum absolute atomic E-state index is 0.0462. The molecule has 2 saturated heterocycles. The number of alkyl carbamates (subject to hydrolysis) is 1. The summed E-state index contributed by atoms with van der Waals surface area (Å²) in [7, 11) is 4.54. The molecule has 8 unspecified atom stereocenters. The van der Waals surface area contributed by atoms with E-state index in [-0.39, 0.29) is 35.7 Å². The third-order valence-electron chi connectivity index (χ3n) is 10.1. The van der Waals surface area contributed by atoms with Crippen molar-refractivity contribution < 1.29 is 48.0 Å². The van der Waals surface area contributed by atoms with Gasteiger partial charge in [0.05, 0.1) is 18.2 Å². The van der Waals surface area contributed by atoms with Crippen LogP contribution < -0.4 is 10.1 Å². The molecule has 0 bridgehead atoms. The Hall–Kier alpha value is -3.10. The minimum atomic E-state index is -1.83. The maximum atomic E-state index is 13.3. The van der Waals surface area contributed by atoms with Gasteiger partial charge in [-0.25, -0.2) is 9.59 Å². The van der Waals surface area contributed by atoms with Crippen LogP contribution in [0, 0.1) is 12.8 Å². The first-order valence-electron chi connectivity index (χ1n) is 18.8. The summed E-state index contributed by atoms with van der Waals surface area (Å²) < 4.78 is 28.3. The van der Waals surface area contributed by atoms with Crippen LogP contribution in [-0.4, -0.2) is 102 Å². The number of Topliss-reactive ketones (excluding diaryl/α,β-unsaturated/α-hetero) is 1. The minimum Gasteiger partial charge on any atom is -0.495 e. The predicted molar refractivity (Wildman–Crippen MR) is 217 cm³/mol. The van der Waals surface area contributed by atoms with Crippen LogP contribution in [0.25, 0.3) is 0 Å². The number of thiol groups is 1. The van der Waals surface area contributed by atoms with Crippen molar-refractivity contribution in [3.05, 3.63) is 52.1 Å². The lowest BCUT2D eigenvalue weighted by Crippen LogP contribution is -2.63. The van der Waals surface area contributed by atoms with E-state index in [1.165, 1.54) is 26.0 Å². The Morgan fingerprint density at radius 1 is 1.20 bits per heavy atom. The molecule has 310 valence electrons. The molecule has 3 rings (SSSR count). The van der Waals surface area contributed by atoms with E-state index < -0.39 is 59.8 Å². The lowest BCUT2D eigenvalue weighted by atomic mass is 9.83. The Kier molecular flexibility index (Phi) is 17.8. The highest BCUT2D eigenvalue weighted by Gasteiger charge is 2.64. The van der Waals surface area contributed by atoms with Crippen LogP contribution in [0.4, 0.5) is 4.79 Å². The maximum absolute atomic E-state index is 13.3. The van der Waals surface area contributed by atoms with E-state index in [9.17, 15) is 24.3 Å². The number of halogens is 1. The van der Waals surface area contributed by atoms with E-state index in [1.54, 1.807) is 33.1 Å². The van der Waals surface area contributed by atoms with Crippen LogP contribution in [0.5, 0.6) is 5.75 Å². The number of epoxide rings is 1. The van der Waals surface area contributed by atoms with E-state index in [0.717, 1.165) is 16.7 Å². The summed E-state index contributed by atoms with van der Waals surface area (Å²) in [6.45, 7) is 18.2.